The van der Waals surface area contributed by atoms with Crippen molar-refractivity contribution in [2.75, 3.05) is 0 Å². The standard InChI is InChI=1S/C22H19NO3/c24-13-12-23-20-9-5-4-8-18(20)19-14-17(10-11-21(19)23)22(25)26-15-16-6-2-1-3-7-16/h1-9,12,17H,10-11,14-15H2. The van der Waals surface area contributed by atoms with Crippen molar-refractivity contribution in [2.24, 2.45) is 5.92 Å². The predicted molar refractivity (Wildman–Crippen MR) is 100 cm³/mol. The molecule has 0 saturated heterocycles. The van der Waals surface area contributed by atoms with Gasteiger partial charge in [-0.3, -0.25) is 4.79 Å². The third-order valence-electron chi connectivity index (χ3n) is 5.05. The van der Waals surface area contributed by atoms with E-state index in [1.165, 1.54) is 6.20 Å². The van der Waals surface area contributed by atoms with Crippen LogP contribution in [0.25, 0.3) is 17.1 Å². The molecule has 1 unspecified atom stereocenters. The number of nitrogens with zero attached hydrogens (tertiary/aromatic N) is 1. The molecule has 3 aromatic rings. The van der Waals surface area contributed by atoms with Gasteiger partial charge in [0.2, 0.25) is 0 Å². The Morgan fingerprint density at radius 1 is 1.15 bits per heavy atom. The van der Waals surface area contributed by atoms with Gasteiger partial charge in [-0.25, -0.2) is 4.79 Å². The highest BCUT2D eigenvalue weighted by molar-refractivity contribution is 5.90. The molecule has 4 nitrogen and oxygen atoms in total. The minimum atomic E-state index is -0.151. The molecule has 4 heteroatoms. The molecular formula is C22H19NO3. The summed E-state index contributed by atoms with van der Waals surface area (Å²) in [5, 5.41) is 1.09. The first kappa shape index (κ1) is 16.4. The monoisotopic (exact) mass is 345 g/mol. The zero-order chi connectivity index (χ0) is 17.9. The molecular weight excluding hydrogens is 326 g/mol. The van der Waals surface area contributed by atoms with E-state index in [0.717, 1.165) is 40.6 Å². The first-order valence-electron chi connectivity index (χ1n) is 8.80. The molecule has 4 rings (SSSR count). The van der Waals surface area contributed by atoms with Gasteiger partial charge in [-0.05, 0) is 36.5 Å². The molecule has 2 aromatic carbocycles. The minimum absolute atomic E-state index is 0.148. The van der Waals surface area contributed by atoms with E-state index in [9.17, 15) is 9.59 Å². The van der Waals surface area contributed by atoms with E-state index in [-0.39, 0.29) is 11.9 Å². The molecule has 0 bridgehead atoms. The molecule has 1 aromatic heterocycles. The summed E-state index contributed by atoms with van der Waals surface area (Å²) < 4.78 is 7.44. The van der Waals surface area contributed by atoms with Crippen LogP contribution in [0.1, 0.15) is 23.2 Å². The molecule has 0 aliphatic heterocycles. The first-order valence-corrected chi connectivity index (χ1v) is 8.80. The lowest BCUT2D eigenvalue weighted by Crippen LogP contribution is -2.25. The van der Waals surface area contributed by atoms with Crippen molar-refractivity contribution < 1.29 is 14.3 Å². The highest BCUT2D eigenvalue weighted by Crippen LogP contribution is 2.35. The Morgan fingerprint density at radius 2 is 1.92 bits per heavy atom. The Morgan fingerprint density at radius 3 is 2.73 bits per heavy atom. The summed E-state index contributed by atoms with van der Waals surface area (Å²) in [6.45, 7) is 0.304. The fraction of sp³-hybridized carbons (Fsp3) is 0.227. The Kier molecular flexibility index (Phi) is 4.42. The number of benzene rings is 2. The Balaban J connectivity index is 1.57. The van der Waals surface area contributed by atoms with Crippen molar-refractivity contribution in [2.45, 2.75) is 25.9 Å². The van der Waals surface area contributed by atoms with Crippen LogP contribution >= 0.6 is 0 Å². The Hall–Kier alpha value is -3.10. The van der Waals surface area contributed by atoms with Gasteiger partial charge in [-0.1, -0.05) is 48.5 Å². The minimum Gasteiger partial charge on any atom is -0.461 e. The third-order valence-corrected chi connectivity index (χ3v) is 5.05. The molecule has 0 N–H and O–H groups in total. The van der Waals surface area contributed by atoms with Crippen molar-refractivity contribution in [1.29, 1.82) is 0 Å². The van der Waals surface area contributed by atoms with Gasteiger partial charge < -0.3 is 9.30 Å². The highest BCUT2D eigenvalue weighted by Gasteiger charge is 2.30. The predicted octanol–water partition coefficient (Wildman–Crippen LogP) is 3.79. The van der Waals surface area contributed by atoms with Gasteiger partial charge in [0.25, 0.3) is 0 Å². The van der Waals surface area contributed by atoms with Crippen molar-refractivity contribution in [1.82, 2.24) is 4.57 Å². The smallest absolute Gasteiger partial charge is 0.309 e. The summed E-state index contributed by atoms with van der Waals surface area (Å²) in [5.74, 6) is 1.58. The lowest BCUT2D eigenvalue weighted by atomic mass is 9.86. The molecule has 130 valence electrons. The summed E-state index contributed by atoms with van der Waals surface area (Å²) >= 11 is 0. The van der Waals surface area contributed by atoms with Crippen molar-refractivity contribution >= 4 is 29.0 Å². The molecule has 1 atom stereocenters. The number of carbonyl (C=O) groups excluding carboxylic acids is 2. The van der Waals surface area contributed by atoms with Crippen LogP contribution in [0.2, 0.25) is 0 Å². The van der Waals surface area contributed by atoms with Gasteiger partial charge in [-0.15, -0.1) is 0 Å². The zero-order valence-corrected chi connectivity index (χ0v) is 14.4. The maximum Gasteiger partial charge on any atom is 0.309 e. The van der Waals surface area contributed by atoms with Gasteiger partial charge in [0.15, 0.2) is 0 Å². The van der Waals surface area contributed by atoms with Crippen LogP contribution in [-0.2, 0) is 33.8 Å². The van der Waals surface area contributed by atoms with E-state index in [0.29, 0.717) is 13.0 Å². The second-order valence-electron chi connectivity index (χ2n) is 6.59. The van der Waals surface area contributed by atoms with E-state index in [4.69, 9.17) is 4.74 Å². The fourth-order valence-corrected chi connectivity index (χ4v) is 3.79. The van der Waals surface area contributed by atoms with Crippen LogP contribution in [0, 0.1) is 5.92 Å². The van der Waals surface area contributed by atoms with Crippen LogP contribution in [-0.4, -0.2) is 16.5 Å². The molecule has 0 saturated carbocycles. The number of para-hydroxylation sites is 1. The summed E-state index contributed by atoms with van der Waals surface area (Å²) in [5.41, 5.74) is 4.21. The SMILES string of the molecule is O=C=Cn1c2c(c3ccccc31)CC(C(=O)OCc1ccccc1)CC2. The third kappa shape index (κ3) is 2.96. The summed E-state index contributed by atoms with van der Waals surface area (Å²) in [6.07, 6.45) is 3.55. The molecule has 1 heterocycles. The van der Waals surface area contributed by atoms with E-state index in [2.05, 4.69) is 0 Å². The van der Waals surface area contributed by atoms with E-state index in [1.807, 2.05) is 65.1 Å². The van der Waals surface area contributed by atoms with Gasteiger partial charge >= 0.3 is 5.97 Å². The summed E-state index contributed by atoms with van der Waals surface area (Å²) in [4.78, 5) is 23.5. The first-order chi connectivity index (χ1) is 12.8. The maximum absolute atomic E-state index is 12.6. The zero-order valence-electron chi connectivity index (χ0n) is 14.4. The van der Waals surface area contributed by atoms with Gasteiger partial charge in [0.1, 0.15) is 12.5 Å². The molecule has 1 aliphatic carbocycles. The molecule has 0 radical (unpaired) electrons. The summed E-state index contributed by atoms with van der Waals surface area (Å²) in [7, 11) is 0. The molecule has 0 spiro atoms. The van der Waals surface area contributed by atoms with Crippen LogP contribution in [0.5, 0.6) is 0 Å². The molecule has 0 fully saturated rings. The van der Waals surface area contributed by atoms with Gasteiger partial charge in [0.05, 0.1) is 17.6 Å². The van der Waals surface area contributed by atoms with Crippen molar-refractivity contribution in [3.8, 4) is 0 Å². The quantitative estimate of drug-likeness (QED) is 0.534. The van der Waals surface area contributed by atoms with Crippen molar-refractivity contribution in [3.05, 3.63) is 71.4 Å². The summed E-state index contributed by atoms with van der Waals surface area (Å²) in [6, 6.07) is 17.7. The molecule has 1 aliphatic rings. The fourth-order valence-electron chi connectivity index (χ4n) is 3.79. The average molecular weight is 345 g/mol. The number of fused-ring (bicyclic) bond motifs is 3. The average Bonchev–Trinajstić information content (AvgIpc) is 3.01. The normalized spacial score (nSPS) is 15.9. The second kappa shape index (κ2) is 7.03. The van der Waals surface area contributed by atoms with E-state index < -0.39 is 0 Å². The van der Waals surface area contributed by atoms with Crippen LogP contribution < -0.4 is 0 Å². The maximum atomic E-state index is 12.6. The second-order valence-corrected chi connectivity index (χ2v) is 6.59. The number of rotatable bonds is 4. The number of ether oxygens (including phenoxy) is 1. The van der Waals surface area contributed by atoms with Crippen LogP contribution in [0.4, 0.5) is 0 Å². The topological polar surface area (TPSA) is 48.3 Å². The number of hydrogen-bond donors (Lipinski definition) is 0. The van der Waals surface area contributed by atoms with E-state index >= 15 is 0 Å². The largest absolute Gasteiger partial charge is 0.461 e. The lowest BCUT2D eigenvalue weighted by molar-refractivity contribution is -0.150. The highest BCUT2D eigenvalue weighted by atomic mass is 16.5. The van der Waals surface area contributed by atoms with E-state index in [1.54, 1.807) is 0 Å². The van der Waals surface area contributed by atoms with Crippen molar-refractivity contribution in [3.63, 3.8) is 0 Å². The Labute approximate surface area is 151 Å². The molecule has 26 heavy (non-hydrogen) atoms. The van der Waals surface area contributed by atoms with Crippen LogP contribution in [0.15, 0.2) is 54.6 Å². The Bertz CT molecular complexity index is 997. The molecule has 0 amide bonds. The van der Waals surface area contributed by atoms with Gasteiger partial charge in [-0.2, -0.15) is 0 Å². The number of esters is 1. The van der Waals surface area contributed by atoms with Crippen LogP contribution in [0.3, 0.4) is 0 Å². The number of carbonyl (C=O) groups is 1. The lowest BCUT2D eigenvalue weighted by Gasteiger charge is -2.22. The van der Waals surface area contributed by atoms with Gasteiger partial charge in [0, 0.05) is 11.1 Å². The number of aromatic nitrogens is 1. The number of hydrogen-bond acceptors (Lipinski definition) is 3.